The van der Waals surface area contributed by atoms with Gasteiger partial charge < -0.3 is 0 Å². The van der Waals surface area contributed by atoms with Crippen molar-refractivity contribution in [1.82, 2.24) is 9.29 Å². The van der Waals surface area contributed by atoms with E-state index in [-0.39, 0.29) is 4.90 Å². The number of alkyl halides is 1. The molecule has 1 aromatic heterocycles. The Labute approximate surface area is 118 Å². The molecule has 4 nitrogen and oxygen atoms in total. The predicted molar refractivity (Wildman–Crippen MR) is 72.6 cm³/mol. The zero-order valence-corrected chi connectivity index (χ0v) is 13.0. The summed E-state index contributed by atoms with van der Waals surface area (Å²) >= 11 is 6.63. The SMILES string of the molecule is O=S(=O)(c1cncc(Br)c1)N1CCC(CBr)C1. The normalized spacial score (nSPS) is 21.9. The van der Waals surface area contributed by atoms with E-state index in [2.05, 4.69) is 36.8 Å². The van der Waals surface area contributed by atoms with Crippen molar-refractivity contribution in [2.45, 2.75) is 11.3 Å². The highest BCUT2D eigenvalue weighted by molar-refractivity contribution is 9.10. The van der Waals surface area contributed by atoms with Crippen molar-refractivity contribution >= 4 is 41.9 Å². The van der Waals surface area contributed by atoms with Crippen LogP contribution in [-0.4, -0.2) is 36.1 Å². The molecule has 1 aliphatic heterocycles. The number of nitrogens with zero attached hydrogens (tertiary/aromatic N) is 2. The lowest BCUT2D eigenvalue weighted by Gasteiger charge is -2.16. The van der Waals surface area contributed by atoms with Crippen LogP contribution >= 0.6 is 31.9 Å². The third kappa shape index (κ3) is 2.89. The topological polar surface area (TPSA) is 50.3 Å². The molecular weight excluding hydrogens is 372 g/mol. The molecule has 2 heterocycles. The maximum Gasteiger partial charge on any atom is 0.244 e. The molecule has 94 valence electrons. The first kappa shape index (κ1) is 13.5. The first-order valence-corrected chi connectivity index (χ1v) is 8.56. The summed E-state index contributed by atoms with van der Waals surface area (Å²) in [4.78, 5) is 4.15. The lowest BCUT2D eigenvalue weighted by molar-refractivity contribution is 0.465. The fourth-order valence-corrected chi connectivity index (χ4v) is 4.39. The van der Waals surface area contributed by atoms with Crippen LogP contribution in [0.15, 0.2) is 27.8 Å². The lowest BCUT2D eigenvalue weighted by atomic mass is 10.2. The van der Waals surface area contributed by atoms with Gasteiger partial charge >= 0.3 is 0 Å². The Bertz CT molecular complexity index is 507. The molecule has 0 spiro atoms. The van der Waals surface area contributed by atoms with Crippen molar-refractivity contribution in [3.05, 3.63) is 22.9 Å². The molecule has 1 aliphatic rings. The number of sulfonamides is 1. The van der Waals surface area contributed by atoms with E-state index in [1.165, 1.54) is 10.5 Å². The van der Waals surface area contributed by atoms with E-state index < -0.39 is 10.0 Å². The van der Waals surface area contributed by atoms with Gasteiger partial charge in [0.15, 0.2) is 0 Å². The van der Waals surface area contributed by atoms with Crippen LogP contribution in [0.3, 0.4) is 0 Å². The summed E-state index contributed by atoms with van der Waals surface area (Å²) in [5.41, 5.74) is 0. The van der Waals surface area contributed by atoms with E-state index in [1.807, 2.05) is 0 Å². The highest BCUT2D eigenvalue weighted by Crippen LogP contribution is 2.26. The molecule has 1 fully saturated rings. The number of halogens is 2. The van der Waals surface area contributed by atoms with Crippen molar-refractivity contribution in [1.29, 1.82) is 0 Å². The average Bonchev–Trinajstić information content (AvgIpc) is 2.78. The number of hydrogen-bond donors (Lipinski definition) is 0. The molecule has 7 heteroatoms. The molecule has 0 aromatic carbocycles. The second-order valence-electron chi connectivity index (χ2n) is 4.01. The molecule has 17 heavy (non-hydrogen) atoms. The van der Waals surface area contributed by atoms with Crippen LogP contribution in [0.5, 0.6) is 0 Å². The number of pyridine rings is 1. The minimum absolute atomic E-state index is 0.252. The molecule has 0 N–H and O–H groups in total. The molecule has 0 bridgehead atoms. The molecule has 1 aromatic rings. The van der Waals surface area contributed by atoms with Crippen molar-refractivity contribution in [2.24, 2.45) is 5.92 Å². The van der Waals surface area contributed by atoms with Gasteiger partial charge in [0.05, 0.1) is 0 Å². The van der Waals surface area contributed by atoms with E-state index in [1.54, 1.807) is 12.3 Å². The van der Waals surface area contributed by atoms with Crippen molar-refractivity contribution < 1.29 is 8.42 Å². The second-order valence-corrected chi connectivity index (χ2v) is 7.51. The van der Waals surface area contributed by atoms with Gasteiger partial charge in [-0.25, -0.2) is 8.42 Å². The van der Waals surface area contributed by atoms with Crippen molar-refractivity contribution in [2.75, 3.05) is 18.4 Å². The van der Waals surface area contributed by atoms with Crippen LogP contribution in [0.2, 0.25) is 0 Å². The number of rotatable bonds is 3. The molecular formula is C10H12Br2N2O2S. The summed E-state index contributed by atoms with van der Waals surface area (Å²) in [5, 5.41) is 0.843. The average molecular weight is 384 g/mol. The van der Waals surface area contributed by atoms with E-state index in [9.17, 15) is 8.42 Å². The molecule has 0 amide bonds. The number of hydrogen-bond acceptors (Lipinski definition) is 3. The van der Waals surface area contributed by atoms with Crippen LogP contribution in [0, 0.1) is 5.92 Å². The smallest absolute Gasteiger partial charge is 0.244 e. The van der Waals surface area contributed by atoms with Crippen LogP contribution < -0.4 is 0 Å². The minimum atomic E-state index is -3.38. The summed E-state index contributed by atoms with van der Waals surface area (Å²) in [7, 11) is -3.38. The van der Waals surface area contributed by atoms with Crippen LogP contribution in [0.1, 0.15) is 6.42 Å². The Morgan fingerprint density at radius 3 is 2.82 bits per heavy atom. The summed E-state index contributed by atoms with van der Waals surface area (Å²) in [6.07, 6.45) is 3.87. The van der Waals surface area contributed by atoms with Gasteiger partial charge in [-0.2, -0.15) is 4.31 Å². The monoisotopic (exact) mass is 382 g/mol. The molecule has 1 unspecified atom stereocenters. The van der Waals surface area contributed by atoms with Crippen molar-refractivity contribution in [3.63, 3.8) is 0 Å². The van der Waals surface area contributed by atoms with E-state index in [4.69, 9.17) is 0 Å². The summed E-state index contributed by atoms with van der Waals surface area (Å²) < 4.78 is 26.8. The Morgan fingerprint density at radius 1 is 1.47 bits per heavy atom. The van der Waals surface area contributed by atoms with Gasteiger partial charge in [0.2, 0.25) is 10.0 Å². The first-order valence-electron chi connectivity index (χ1n) is 5.20. The van der Waals surface area contributed by atoms with Gasteiger partial charge in [-0.3, -0.25) is 4.98 Å². The van der Waals surface area contributed by atoms with Crippen LogP contribution in [0.4, 0.5) is 0 Å². The van der Waals surface area contributed by atoms with Gasteiger partial charge in [0.1, 0.15) is 4.90 Å². The zero-order valence-electron chi connectivity index (χ0n) is 9.01. The Morgan fingerprint density at radius 2 is 2.24 bits per heavy atom. The molecule has 0 radical (unpaired) electrons. The Kier molecular flexibility index (Phi) is 4.22. The predicted octanol–water partition coefficient (Wildman–Crippen LogP) is 2.25. The fraction of sp³-hybridized carbons (Fsp3) is 0.500. The third-order valence-electron chi connectivity index (χ3n) is 2.78. The van der Waals surface area contributed by atoms with E-state index in [0.29, 0.717) is 23.5 Å². The van der Waals surface area contributed by atoms with Gasteiger partial charge in [-0.1, -0.05) is 15.9 Å². The molecule has 1 atom stereocenters. The summed E-state index contributed by atoms with van der Waals surface area (Å²) in [6, 6.07) is 1.59. The maximum atomic E-state index is 12.3. The minimum Gasteiger partial charge on any atom is -0.262 e. The third-order valence-corrected chi connectivity index (χ3v) is 5.96. The summed E-state index contributed by atoms with van der Waals surface area (Å²) in [5.74, 6) is 0.407. The summed E-state index contributed by atoms with van der Waals surface area (Å²) in [6.45, 7) is 1.17. The highest BCUT2D eigenvalue weighted by atomic mass is 79.9. The largest absolute Gasteiger partial charge is 0.262 e. The van der Waals surface area contributed by atoms with Gasteiger partial charge in [-0.15, -0.1) is 0 Å². The van der Waals surface area contributed by atoms with Gasteiger partial charge in [0, 0.05) is 35.3 Å². The standard InChI is InChI=1S/C10H12Br2N2O2S/c11-4-8-1-2-14(7-8)17(15,16)10-3-9(12)5-13-6-10/h3,5-6,8H,1-2,4,7H2. The highest BCUT2D eigenvalue weighted by Gasteiger charge is 2.32. The fourth-order valence-electron chi connectivity index (χ4n) is 1.82. The van der Waals surface area contributed by atoms with E-state index in [0.717, 1.165) is 11.8 Å². The zero-order chi connectivity index (χ0) is 12.5. The van der Waals surface area contributed by atoms with E-state index >= 15 is 0 Å². The van der Waals surface area contributed by atoms with Crippen LogP contribution in [-0.2, 0) is 10.0 Å². The quantitative estimate of drug-likeness (QED) is 0.752. The Hall–Kier alpha value is 0.0200. The van der Waals surface area contributed by atoms with Crippen LogP contribution in [0.25, 0.3) is 0 Å². The first-order chi connectivity index (χ1) is 8.04. The second kappa shape index (κ2) is 5.34. The maximum absolute atomic E-state index is 12.3. The van der Waals surface area contributed by atoms with Crippen molar-refractivity contribution in [3.8, 4) is 0 Å². The molecule has 0 aliphatic carbocycles. The Balaban J connectivity index is 2.25. The van der Waals surface area contributed by atoms with Gasteiger partial charge in [-0.05, 0) is 34.3 Å². The van der Waals surface area contributed by atoms with Gasteiger partial charge in [0.25, 0.3) is 0 Å². The molecule has 1 saturated heterocycles. The lowest BCUT2D eigenvalue weighted by Crippen LogP contribution is -2.29. The molecule has 0 saturated carbocycles. The molecule has 2 rings (SSSR count). The number of aromatic nitrogens is 1.